The minimum atomic E-state index is 1.03. The number of aromatic nitrogens is 2. The molecule has 0 spiro atoms. The molecule has 2 rings (SSSR count). The van der Waals surface area contributed by atoms with Crippen LogP contribution in [0.3, 0.4) is 0 Å². The van der Waals surface area contributed by atoms with Crippen molar-refractivity contribution in [2.75, 3.05) is 0 Å². The van der Waals surface area contributed by atoms with E-state index in [1.54, 1.807) is 0 Å². The Morgan fingerprint density at radius 2 is 1.67 bits per heavy atom. The Bertz CT molecular complexity index is 388. The molecule has 2 aromatic rings. The summed E-state index contributed by atoms with van der Waals surface area (Å²) < 4.78 is 2.08. The Kier molecular flexibility index (Phi) is 6.43. The van der Waals surface area contributed by atoms with Crippen molar-refractivity contribution in [3.05, 3.63) is 35.8 Å². The summed E-state index contributed by atoms with van der Waals surface area (Å²) in [5, 5.41) is 0. The van der Waals surface area contributed by atoms with E-state index in [1.807, 2.05) is 40.1 Å². The molecule has 2 aromatic heterocycles. The van der Waals surface area contributed by atoms with E-state index in [0.717, 1.165) is 5.65 Å². The van der Waals surface area contributed by atoms with Crippen LogP contribution in [0.1, 0.15) is 39.0 Å². The number of hydrogen-bond donors (Lipinski definition) is 0. The number of nitrogens with zero attached hydrogens (tertiary/aromatic N) is 2. The van der Waals surface area contributed by atoms with Crippen LogP contribution in [0, 0.1) is 13.8 Å². The van der Waals surface area contributed by atoms with E-state index in [0.29, 0.717) is 0 Å². The molecule has 0 aliphatic carbocycles. The second-order valence-electron chi connectivity index (χ2n) is 2.83. The van der Waals surface area contributed by atoms with Gasteiger partial charge in [-0.15, -0.1) is 0 Å². The zero-order chi connectivity index (χ0) is 11.8. The van der Waals surface area contributed by atoms with Crippen molar-refractivity contribution in [1.82, 2.24) is 9.38 Å². The maximum atomic E-state index is 4.24. The van der Waals surface area contributed by atoms with E-state index in [9.17, 15) is 0 Å². The molecular weight excluding hydrogens is 184 g/mol. The average molecular weight is 206 g/mol. The van der Waals surface area contributed by atoms with Gasteiger partial charge in [0.05, 0.1) is 0 Å². The molecule has 0 fully saturated rings. The smallest absolute Gasteiger partial charge is 0.137 e. The third-order valence-electron chi connectivity index (χ3n) is 1.85. The fourth-order valence-electron chi connectivity index (χ4n) is 1.21. The van der Waals surface area contributed by atoms with E-state index in [1.165, 1.54) is 11.3 Å². The van der Waals surface area contributed by atoms with Gasteiger partial charge in [-0.3, -0.25) is 0 Å². The number of aryl methyl sites for hydroxylation is 2. The number of rotatable bonds is 0. The number of pyridine rings is 1. The number of imidazole rings is 1. The standard InChI is InChI=1S/C9H10N2.2C2H6/c1-7-3-4-11-8(2)6-10-9(11)5-7;2*1-2/h3-6H,1-2H3;2*1-2H3. The van der Waals surface area contributed by atoms with Gasteiger partial charge in [0.15, 0.2) is 0 Å². The molecule has 2 nitrogen and oxygen atoms in total. The van der Waals surface area contributed by atoms with Crippen molar-refractivity contribution in [2.45, 2.75) is 41.5 Å². The lowest BCUT2D eigenvalue weighted by Gasteiger charge is -1.95. The molecule has 0 aliphatic heterocycles. The fraction of sp³-hybridized carbons (Fsp3) is 0.462. The third kappa shape index (κ3) is 3.39. The Morgan fingerprint density at radius 3 is 2.27 bits per heavy atom. The molecule has 0 saturated carbocycles. The molecule has 0 aromatic carbocycles. The first-order valence-corrected chi connectivity index (χ1v) is 5.68. The Hall–Kier alpha value is -1.31. The van der Waals surface area contributed by atoms with E-state index < -0.39 is 0 Å². The Morgan fingerprint density at radius 1 is 1.07 bits per heavy atom. The van der Waals surface area contributed by atoms with Crippen LogP contribution >= 0.6 is 0 Å². The van der Waals surface area contributed by atoms with Gasteiger partial charge in [-0.05, 0) is 31.5 Å². The predicted octanol–water partition coefficient (Wildman–Crippen LogP) is 4.00. The first kappa shape index (κ1) is 13.7. The molecule has 0 amide bonds. The van der Waals surface area contributed by atoms with Crippen molar-refractivity contribution < 1.29 is 0 Å². The third-order valence-corrected chi connectivity index (χ3v) is 1.85. The molecule has 2 heterocycles. The Labute approximate surface area is 93.0 Å². The Balaban J connectivity index is 0.000000442. The van der Waals surface area contributed by atoms with Crippen LogP contribution in [0.4, 0.5) is 0 Å². The quantitative estimate of drug-likeness (QED) is 0.636. The van der Waals surface area contributed by atoms with Crippen LogP contribution in [0.5, 0.6) is 0 Å². The lowest BCUT2D eigenvalue weighted by Crippen LogP contribution is -1.86. The summed E-state index contributed by atoms with van der Waals surface area (Å²) in [5.74, 6) is 0. The van der Waals surface area contributed by atoms with Crippen LogP contribution < -0.4 is 0 Å². The minimum absolute atomic E-state index is 1.03. The topological polar surface area (TPSA) is 17.3 Å². The first-order valence-electron chi connectivity index (χ1n) is 5.68. The molecular formula is C13H22N2. The highest BCUT2D eigenvalue weighted by Gasteiger charge is 1.96. The van der Waals surface area contributed by atoms with Crippen LogP contribution in [0.15, 0.2) is 24.5 Å². The monoisotopic (exact) mass is 206 g/mol. The van der Waals surface area contributed by atoms with Gasteiger partial charge >= 0.3 is 0 Å². The van der Waals surface area contributed by atoms with Crippen LogP contribution in [-0.4, -0.2) is 9.38 Å². The van der Waals surface area contributed by atoms with Gasteiger partial charge in [0, 0.05) is 18.1 Å². The summed E-state index contributed by atoms with van der Waals surface area (Å²) in [6.45, 7) is 12.1. The molecule has 0 saturated heterocycles. The summed E-state index contributed by atoms with van der Waals surface area (Å²) in [6.07, 6.45) is 3.93. The molecule has 84 valence electrons. The van der Waals surface area contributed by atoms with Crippen LogP contribution in [0.2, 0.25) is 0 Å². The van der Waals surface area contributed by atoms with Crippen molar-refractivity contribution in [1.29, 1.82) is 0 Å². The van der Waals surface area contributed by atoms with E-state index in [4.69, 9.17) is 0 Å². The minimum Gasteiger partial charge on any atom is -0.304 e. The highest BCUT2D eigenvalue weighted by atomic mass is 15.0. The normalized spacial score (nSPS) is 8.67. The molecule has 0 N–H and O–H groups in total. The highest BCUT2D eigenvalue weighted by molar-refractivity contribution is 5.42. The largest absolute Gasteiger partial charge is 0.304 e. The number of fused-ring (bicyclic) bond motifs is 1. The fourth-order valence-corrected chi connectivity index (χ4v) is 1.21. The highest BCUT2D eigenvalue weighted by Crippen LogP contribution is 2.06. The summed E-state index contributed by atoms with van der Waals surface area (Å²) >= 11 is 0. The van der Waals surface area contributed by atoms with Gasteiger partial charge in [0.2, 0.25) is 0 Å². The van der Waals surface area contributed by atoms with Crippen LogP contribution in [0.25, 0.3) is 5.65 Å². The van der Waals surface area contributed by atoms with E-state index >= 15 is 0 Å². The summed E-state index contributed by atoms with van der Waals surface area (Å²) in [7, 11) is 0. The molecule has 0 aliphatic rings. The first-order chi connectivity index (χ1) is 7.27. The number of hydrogen-bond acceptors (Lipinski definition) is 1. The van der Waals surface area contributed by atoms with Gasteiger partial charge in [-0.25, -0.2) is 4.98 Å². The predicted molar refractivity (Wildman–Crippen MR) is 67.4 cm³/mol. The lowest BCUT2D eigenvalue weighted by molar-refractivity contribution is 1.10. The molecule has 0 radical (unpaired) electrons. The van der Waals surface area contributed by atoms with Crippen molar-refractivity contribution in [3.8, 4) is 0 Å². The van der Waals surface area contributed by atoms with Crippen molar-refractivity contribution in [2.24, 2.45) is 0 Å². The van der Waals surface area contributed by atoms with Gasteiger partial charge in [-0.2, -0.15) is 0 Å². The van der Waals surface area contributed by atoms with Gasteiger partial charge in [0.1, 0.15) is 5.65 Å². The summed E-state index contributed by atoms with van der Waals surface area (Å²) in [4.78, 5) is 4.24. The maximum Gasteiger partial charge on any atom is 0.137 e. The van der Waals surface area contributed by atoms with E-state index in [-0.39, 0.29) is 0 Å². The van der Waals surface area contributed by atoms with Gasteiger partial charge in [-0.1, -0.05) is 27.7 Å². The zero-order valence-electron chi connectivity index (χ0n) is 10.7. The van der Waals surface area contributed by atoms with Crippen molar-refractivity contribution >= 4 is 5.65 Å². The lowest BCUT2D eigenvalue weighted by atomic mass is 10.3. The second kappa shape index (κ2) is 7.04. The van der Waals surface area contributed by atoms with Crippen LogP contribution in [-0.2, 0) is 0 Å². The van der Waals surface area contributed by atoms with Gasteiger partial charge in [0.25, 0.3) is 0 Å². The molecule has 0 bridgehead atoms. The van der Waals surface area contributed by atoms with Gasteiger partial charge < -0.3 is 4.40 Å². The average Bonchev–Trinajstić information content (AvgIpc) is 2.65. The van der Waals surface area contributed by atoms with Crippen molar-refractivity contribution in [3.63, 3.8) is 0 Å². The summed E-state index contributed by atoms with van der Waals surface area (Å²) in [6, 6.07) is 4.16. The second-order valence-corrected chi connectivity index (χ2v) is 2.83. The SMILES string of the molecule is CC.CC.Cc1ccn2c(C)cnc2c1. The molecule has 15 heavy (non-hydrogen) atoms. The zero-order valence-corrected chi connectivity index (χ0v) is 10.7. The molecule has 0 unspecified atom stereocenters. The molecule has 2 heteroatoms. The maximum absolute atomic E-state index is 4.24. The van der Waals surface area contributed by atoms with E-state index in [2.05, 4.69) is 35.4 Å². The summed E-state index contributed by atoms with van der Waals surface area (Å²) in [5.41, 5.74) is 3.46. The molecule has 0 atom stereocenters.